The van der Waals surface area contributed by atoms with Crippen molar-refractivity contribution in [3.63, 3.8) is 0 Å². The molecular formula is C22H26IN3O6S. The molecule has 11 heteroatoms. The van der Waals surface area contributed by atoms with E-state index in [1.807, 2.05) is 48.6 Å². The minimum atomic E-state index is -0.694. The molecule has 2 aliphatic rings. The van der Waals surface area contributed by atoms with Gasteiger partial charge in [-0.25, -0.2) is 9.59 Å². The van der Waals surface area contributed by atoms with Gasteiger partial charge >= 0.3 is 11.9 Å². The van der Waals surface area contributed by atoms with E-state index in [0.717, 1.165) is 0 Å². The van der Waals surface area contributed by atoms with Gasteiger partial charge in [0.15, 0.2) is 0 Å². The number of thioether (sulfide) groups is 1. The van der Waals surface area contributed by atoms with Gasteiger partial charge in [-0.3, -0.25) is 9.59 Å². The Hall–Kier alpha value is -2.28. The number of β-lactam (4-membered cyclic amide) rings is 1. The van der Waals surface area contributed by atoms with E-state index in [4.69, 9.17) is 4.74 Å². The summed E-state index contributed by atoms with van der Waals surface area (Å²) in [4.78, 5) is 51.0. The summed E-state index contributed by atoms with van der Waals surface area (Å²) in [6, 6.07) is 5.84. The number of carbonyl (C=O) groups is 4. The van der Waals surface area contributed by atoms with Crippen LogP contribution in [0.3, 0.4) is 0 Å². The SMILES string of the molecule is COC(=O)/C=C(\C)Nc1ccccc1CC(=O)NC1C(=O)N2[C@@H]1SC(C)(C)[C@@H]2C(=O)OCI. The normalized spacial score (nSPS) is 23.3. The van der Waals surface area contributed by atoms with E-state index in [1.165, 1.54) is 29.8 Å². The van der Waals surface area contributed by atoms with E-state index in [1.54, 1.807) is 19.1 Å². The number of para-hydroxylation sites is 1. The van der Waals surface area contributed by atoms with Gasteiger partial charge in [0, 0.05) is 22.2 Å². The van der Waals surface area contributed by atoms with Gasteiger partial charge in [0.1, 0.15) is 22.1 Å². The Morgan fingerprint density at radius 1 is 1.27 bits per heavy atom. The van der Waals surface area contributed by atoms with Gasteiger partial charge in [-0.2, -0.15) is 0 Å². The molecule has 2 heterocycles. The summed E-state index contributed by atoms with van der Waals surface area (Å²) in [5, 5.41) is 5.60. The molecule has 0 bridgehead atoms. The molecule has 33 heavy (non-hydrogen) atoms. The van der Waals surface area contributed by atoms with E-state index < -0.39 is 28.8 Å². The third kappa shape index (κ3) is 5.45. The summed E-state index contributed by atoms with van der Waals surface area (Å²) < 4.78 is 9.46. The molecule has 2 N–H and O–H groups in total. The Bertz CT molecular complexity index is 998. The Labute approximate surface area is 210 Å². The Kier molecular flexibility index (Phi) is 7.93. The lowest BCUT2D eigenvalue weighted by molar-refractivity contribution is -0.163. The Morgan fingerprint density at radius 2 is 1.97 bits per heavy atom. The molecule has 3 atom stereocenters. The van der Waals surface area contributed by atoms with Crippen LogP contribution in [0.15, 0.2) is 36.0 Å². The van der Waals surface area contributed by atoms with Gasteiger partial charge in [-0.15, -0.1) is 11.8 Å². The number of esters is 2. The number of methoxy groups -OCH3 is 1. The molecule has 1 aromatic carbocycles. The van der Waals surface area contributed by atoms with E-state index >= 15 is 0 Å². The molecule has 1 aromatic rings. The number of anilines is 1. The van der Waals surface area contributed by atoms with Crippen molar-refractivity contribution < 1.29 is 28.7 Å². The quantitative estimate of drug-likeness (QED) is 0.157. The summed E-state index contributed by atoms with van der Waals surface area (Å²) in [6.45, 7) is 5.51. The van der Waals surface area contributed by atoms with Crippen LogP contribution in [0.25, 0.3) is 0 Å². The number of allylic oxidation sites excluding steroid dienone is 1. The van der Waals surface area contributed by atoms with Crippen molar-refractivity contribution in [3.8, 4) is 0 Å². The van der Waals surface area contributed by atoms with E-state index in [2.05, 4.69) is 15.4 Å². The number of carbonyl (C=O) groups excluding carboxylic acids is 4. The maximum absolute atomic E-state index is 12.8. The second-order valence-corrected chi connectivity index (χ2v) is 10.6. The van der Waals surface area contributed by atoms with Crippen LogP contribution >= 0.6 is 34.4 Å². The number of fused-ring (bicyclic) bond motifs is 1. The smallest absolute Gasteiger partial charge is 0.332 e. The molecule has 0 radical (unpaired) electrons. The van der Waals surface area contributed by atoms with Gasteiger partial charge < -0.3 is 25.0 Å². The van der Waals surface area contributed by atoms with Crippen molar-refractivity contribution in [1.29, 1.82) is 0 Å². The predicted octanol–water partition coefficient (Wildman–Crippen LogP) is 2.20. The van der Waals surface area contributed by atoms with Crippen LogP contribution in [-0.4, -0.2) is 62.6 Å². The molecule has 2 saturated heterocycles. The molecule has 2 amide bonds. The number of nitrogens with one attached hydrogen (secondary N) is 2. The summed E-state index contributed by atoms with van der Waals surface area (Å²) in [5.41, 5.74) is 1.94. The lowest BCUT2D eigenvalue weighted by Crippen LogP contribution is -2.70. The highest BCUT2D eigenvalue weighted by Crippen LogP contribution is 2.51. The van der Waals surface area contributed by atoms with Crippen LogP contribution < -0.4 is 10.6 Å². The van der Waals surface area contributed by atoms with Crippen LogP contribution in [0.4, 0.5) is 5.69 Å². The molecule has 178 valence electrons. The van der Waals surface area contributed by atoms with Crippen molar-refractivity contribution in [2.24, 2.45) is 0 Å². The first kappa shape index (κ1) is 25.3. The molecule has 0 spiro atoms. The van der Waals surface area contributed by atoms with Crippen LogP contribution in [0.5, 0.6) is 0 Å². The second-order valence-electron chi connectivity index (χ2n) is 8.19. The van der Waals surface area contributed by atoms with Gasteiger partial charge in [0.05, 0.1) is 13.5 Å². The molecule has 2 fully saturated rings. The first-order valence-corrected chi connectivity index (χ1v) is 12.6. The first-order valence-electron chi connectivity index (χ1n) is 10.2. The summed E-state index contributed by atoms with van der Waals surface area (Å²) in [6.07, 6.45) is 1.36. The zero-order valence-corrected chi connectivity index (χ0v) is 21.7. The number of hydrogen-bond donors (Lipinski definition) is 2. The third-order valence-electron chi connectivity index (χ3n) is 5.41. The standard InChI is InChI=1S/C22H26IN3O6S/c1-12(9-16(28)31-4)24-14-8-6-5-7-13(14)10-15(27)25-17-19(29)26-18(21(30)32-11-23)22(2,3)33-20(17)26/h5-9,17-18,20,24H,10-11H2,1-4H3,(H,25,27)/b12-9+/t17?,18-,20+/m0/s1. The van der Waals surface area contributed by atoms with E-state index in [0.29, 0.717) is 16.9 Å². The van der Waals surface area contributed by atoms with Gasteiger partial charge in [0.25, 0.3) is 0 Å². The average Bonchev–Trinajstić information content (AvgIpc) is 3.01. The summed E-state index contributed by atoms with van der Waals surface area (Å²) >= 11 is 3.43. The maximum Gasteiger partial charge on any atom is 0.332 e. The summed E-state index contributed by atoms with van der Waals surface area (Å²) in [5.74, 6) is -1.52. The third-order valence-corrected chi connectivity index (χ3v) is 7.30. The fraction of sp³-hybridized carbons (Fsp3) is 0.455. The number of rotatable bonds is 8. The van der Waals surface area contributed by atoms with Crippen molar-refractivity contribution >= 4 is 63.8 Å². The Morgan fingerprint density at radius 3 is 2.64 bits per heavy atom. The van der Waals surface area contributed by atoms with Gasteiger partial charge in [0.2, 0.25) is 11.8 Å². The molecular weight excluding hydrogens is 561 g/mol. The zero-order chi connectivity index (χ0) is 24.3. The lowest BCUT2D eigenvalue weighted by Gasteiger charge is -2.43. The largest absolute Gasteiger partial charge is 0.466 e. The number of halogens is 1. The van der Waals surface area contributed by atoms with Gasteiger partial charge in [-0.1, -0.05) is 18.2 Å². The zero-order valence-electron chi connectivity index (χ0n) is 18.7. The van der Waals surface area contributed by atoms with E-state index in [-0.39, 0.29) is 28.2 Å². The van der Waals surface area contributed by atoms with E-state index in [9.17, 15) is 19.2 Å². The number of nitrogens with zero attached hydrogens (tertiary/aromatic N) is 1. The number of alkyl halides is 1. The van der Waals surface area contributed by atoms with Gasteiger partial charge in [-0.05, 0) is 55.0 Å². The lowest BCUT2D eigenvalue weighted by atomic mass is 9.96. The Balaban J connectivity index is 1.66. The van der Waals surface area contributed by atoms with Crippen LogP contribution in [0.2, 0.25) is 0 Å². The fourth-order valence-corrected chi connectivity index (χ4v) is 5.86. The van der Waals surface area contributed by atoms with Crippen molar-refractivity contribution in [2.75, 3.05) is 17.0 Å². The van der Waals surface area contributed by atoms with Crippen molar-refractivity contribution in [3.05, 3.63) is 41.6 Å². The number of ether oxygens (including phenoxy) is 2. The summed E-state index contributed by atoms with van der Waals surface area (Å²) in [7, 11) is 1.30. The molecule has 0 aromatic heterocycles. The predicted molar refractivity (Wildman–Crippen MR) is 133 cm³/mol. The second kappa shape index (κ2) is 10.3. The van der Waals surface area contributed by atoms with Crippen molar-refractivity contribution in [2.45, 2.75) is 49.4 Å². The highest BCUT2D eigenvalue weighted by molar-refractivity contribution is 14.1. The number of amides is 2. The average molecular weight is 587 g/mol. The first-order chi connectivity index (χ1) is 15.6. The molecule has 0 saturated carbocycles. The molecule has 2 aliphatic heterocycles. The monoisotopic (exact) mass is 587 g/mol. The highest BCUT2D eigenvalue weighted by Gasteiger charge is 2.64. The topological polar surface area (TPSA) is 114 Å². The maximum atomic E-state index is 12.8. The minimum Gasteiger partial charge on any atom is -0.466 e. The molecule has 1 unspecified atom stereocenters. The minimum absolute atomic E-state index is 0.0412. The van der Waals surface area contributed by atoms with Crippen molar-refractivity contribution in [1.82, 2.24) is 10.2 Å². The molecule has 9 nitrogen and oxygen atoms in total. The molecule has 0 aliphatic carbocycles. The van der Waals surface area contributed by atoms with Crippen LogP contribution in [0, 0.1) is 0 Å². The van der Waals surface area contributed by atoms with Crippen LogP contribution in [-0.2, 0) is 35.1 Å². The highest BCUT2D eigenvalue weighted by atomic mass is 127. The molecule has 3 rings (SSSR count). The number of hydrogen-bond acceptors (Lipinski definition) is 8. The number of benzene rings is 1. The van der Waals surface area contributed by atoms with Crippen LogP contribution in [0.1, 0.15) is 26.3 Å². The fourth-order valence-electron chi connectivity index (χ4n) is 3.94.